The van der Waals surface area contributed by atoms with E-state index in [1.165, 1.54) is 18.4 Å². The minimum absolute atomic E-state index is 0.587. The molecule has 1 aliphatic carbocycles. The Morgan fingerprint density at radius 3 is 3.31 bits per heavy atom. The van der Waals surface area contributed by atoms with Crippen molar-refractivity contribution in [3.05, 3.63) is 24.1 Å². The summed E-state index contributed by atoms with van der Waals surface area (Å²) in [5, 5.41) is 7.21. The van der Waals surface area contributed by atoms with Crippen molar-refractivity contribution in [2.45, 2.75) is 18.9 Å². The van der Waals surface area contributed by atoms with Crippen LogP contribution in [0.15, 0.2) is 23.1 Å². The van der Waals surface area contributed by atoms with Crippen LogP contribution in [0.2, 0.25) is 0 Å². The summed E-state index contributed by atoms with van der Waals surface area (Å²) in [6.45, 7) is 1.16. The van der Waals surface area contributed by atoms with E-state index in [0.29, 0.717) is 6.04 Å². The zero-order valence-corrected chi connectivity index (χ0v) is 7.36. The highest BCUT2D eigenvalue weighted by atomic mass is 16.5. The molecule has 2 atom stereocenters. The maximum atomic E-state index is 4.85. The molecule has 2 heterocycles. The van der Waals surface area contributed by atoms with Crippen LogP contribution in [0.4, 0.5) is 0 Å². The van der Waals surface area contributed by atoms with Crippen LogP contribution in [0.25, 0.3) is 5.57 Å². The van der Waals surface area contributed by atoms with Crippen molar-refractivity contribution in [2.24, 2.45) is 5.92 Å². The van der Waals surface area contributed by atoms with Gasteiger partial charge in [0.05, 0.1) is 6.20 Å². The first-order valence-corrected chi connectivity index (χ1v) is 4.75. The number of hydrogen-bond donors (Lipinski definition) is 1. The summed E-state index contributed by atoms with van der Waals surface area (Å²) in [6, 6.07) is 0.587. The molecule has 0 saturated carbocycles. The molecular formula is C10H12N2O. The van der Waals surface area contributed by atoms with E-state index in [0.717, 1.165) is 18.0 Å². The minimum Gasteiger partial charge on any atom is -0.364 e. The first kappa shape index (κ1) is 7.33. The van der Waals surface area contributed by atoms with Crippen LogP contribution < -0.4 is 5.32 Å². The van der Waals surface area contributed by atoms with Crippen LogP contribution in [-0.4, -0.2) is 17.7 Å². The van der Waals surface area contributed by atoms with Gasteiger partial charge in [0.1, 0.15) is 6.26 Å². The fraction of sp³-hybridized carbons (Fsp3) is 0.500. The third-order valence-corrected chi connectivity index (χ3v) is 2.97. The average molecular weight is 176 g/mol. The molecular weight excluding hydrogens is 164 g/mol. The second-order valence-electron chi connectivity index (χ2n) is 3.93. The standard InChI is InChI=1S/C10H12N2O/c1-7-2-10(11-4-7)3-8(1)9-5-12-13-6-9/h3,5-7,10-11H,1-2,4H2. The summed E-state index contributed by atoms with van der Waals surface area (Å²) in [4.78, 5) is 0. The fourth-order valence-corrected chi connectivity index (χ4v) is 2.33. The van der Waals surface area contributed by atoms with Gasteiger partial charge in [-0.05, 0) is 30.9 Å². The lowest BCUT2D eigenvalue weighted by atomic mass is 9.88. The zero-order chi connectivity index (χ0) is 8.67. The van der Waals surface area contributed by atoms with E-state index in [-0.39, 0.29) is 0 Å². The lowest BCUT2D eigenvalue weighted by molar-refractivity contribution is 0.419. The zero-order valence-electron chi connectivity index (χ0n) is 7.36. The predicted octanol–water partition coefficient (Wildman–Crippen LogP) is 1.44. The van der Waals surface area contributed by atoms with Crippen molar-refractivity contribution in [1.29, 1.82) is 0 Å². The van der Waals surface area contributed by atoms with E-state index in [1.54, 1.807) is 12.5 Å². The van der Waals surface area contributed by atoms with E-state index in [1.807, 2.05) is 0 Å². The van der Waals surface area contributed by atoms with Crippen molar-refractivity contribution >= 4 is 5.57 Å². The SMILES string of the molecule is C1=C(c2cnoc2)CC2CNC1C2. The molecule has 2 unspecified atom stereocenters. The van der Waals surface area contributed by atoms with Crippen molar-refractivity contribution in [2.75, 3.05) is 6.54 Å². The van der Waals surface area contributed by atoms with Gasteiger partial charge in [-0.15, -0.1) is 0 Å². The molecule has 2 aliphatic rings. The van der Waals surface area contributed by atoms with Gasteiger partial charge in [-0.2, -0.15) is 0 Å². The van der Waals surface area contributed by atoms with Gasteiger partial charge < -0.3 is 9.84 Å². The second kappa shape index (κ2) is 2.70. The summed E-state index contributed by atoms with van der Waals surface area (Å²) in [6.07, 6.45) is 8.32. The minimum atomic E-state index is 0.587. The molecule has 1 saturated heterocycles. The van der Waals surface area contributed by atoms with Gasteiger partial charge in [0, 0.05) is 11.6 Å². The van der Waals surface area contributed by atoms with Gasteiger partial charge in [0.15, 0.2) is 0 Å². The third-order valence-electron chi connectivity index (χ3n) is 2.97. The Kier molecular flexibility index (Phi) is 1.52. The third kappa shape index (κ3) is 1.20. The number of fused-ring (bicyclic) bond motifs is 2. The Bertz CT molecular complexity index is 329. The second-order valence-corrected chi connectivity index (χ2v) is 3.93. The summed E-state index contributed by atoms with van der Waals surface area (Å²) in [7, 11) is 0. The van der Waals surface area contributed by atoms with Gasteiger partial charge in [-0.25, -0.2) is 0 Å². The van der Waals surface area contributed by atoms with E-state index >= 15 is 0 Å². The molecule has 0 spiro atoms. The molecule has 68 valence electrons. The summed E-state index contributed by atoms with van der Waals surface area (Å²) >= 11 is 0. The number of aromatic nitrogens is 1. The molecule has 1 N–H and O–H groups in total. The predicted molar refractivity (Wildman–Crippen MR) is 49.0 cm³/mol. The Labute approximate surface area is 76.8 Å². The Morgan fingerprint density at radius 2 is 2.54 bits per heavy atom. The molecule has 3 nitrogen and oxygen atoms in total. The van der Waals surface area contributed by atoms with Crippen molar-refractivity contribution < 1.29 is 4.52 Å². The monoisotopic (exact) mass is 176 g/mol. The maximum Gasteiger partial charge on any atom is 0.131 e. The van der Waals surface area contributed by atoms with Gasteiger partial charge in [0.2, 0.25) is 0 Å². The lowest BCUT2D eigenvalue weighted by Crippen LogP contribution is -2.18. The summed E-state index contributed by atoms with van der Waals surface area (Å²) in [5.74, 6) is 0.819. The van der Waals surface area contributed by atoms with Crippen LogP contribution in [0.3, 0.4) is 0 Å². The van der Waals surface area contributed by atoms with Crippen molar-refractivity contribution in [3.63, 3.8) is 0 Å². The van der Waals surface area contributed by atoms with Crippen LogP contribution in [0, 0.1) is 5.92 Å². The Morgan fingerprint density at radius 1 is 1.54 bits per heavy atom. The molecule has 0 aromatic carbocycles. The quantitative estimate of drug-likeness (QED) is 0.703. The van der Waals surface area contributed by atoms with Crippen LogP contribution in [0.1, 0.15) is 18.4 Å². The maximum absolute atomic E-state index is 4.85. The van der Waals surface area contributed by atoms with Crippen LogP contribution >= 0.6 is 0 Å². The van der Waals surface area contributed by atoms with E-state index in [9.17, 15) is 0 Å². The van der Waals surface area contributed by atoms with Gasteiger partial charge >= 0.3 is 0 Å². The Hall–Kier alpha value is -1.09. The largest absolute Gasteiger partial charge is 0.364 e. The molecule has 1 aliphatic heterocycles. The molecule has 3 heteroatoms. The van der Waals surface area contributed by atoms with E-state index in [4.69, 9.17) is 4.52 Å². The molecule has 2 bridgehead atoms. The molecule has 1 fully saturated rings. The van der Waals surface area contributed by atoms with Gasteiger partial charge in [-0.3, -0.25) is 0 Å². The van der Waals surface area contributed by atoms with Crippen molar-refractivity contribution in [3.8, 4) is 0 Å². The Balaban J connectivity index is 1.93. The number of nitrogens with one attached hydrogen (secondary N) is 1. The molecule has 13 heavy (non-hydrogen) atoms. The van der Waals surface area contributed by atoms with Crippen LogP contribution in [0.5, 0.6) is 0 Å². The number of hydrogen-bond acceptors (Lipinski definition) is 3. The molecule has 1 aromatic rings. The molecule has 1 aromatic heterocycles. The highest BCUT2D eigenvalue weighted by molar-refractivity contribution is 5.66. The van der Waals surface area contributed by atoms with E-state index in [2.05, 4.69) is 16.5 Å². The summed E-state index contributed by atoms with van der Waals surface area (Å²) in [5.41, 5.74) is 2.55. The normalized spacial score (nSPS) is 31.8. The number of rotatable bonds is 1. The molecule has 0 radical (unpaired) electrons. The molecule has 0 amide bonds. The first-order chi connectivity index (χ1) is 6.42. The highest BCUT2D eigenvalue weighted by Gasteiger charge is 2.28. The van der Waals surface area contributed by atoms with Crippen molar-refractivity contribution in [1.82, 2.24) is 10.5 Å². The molecule has 3 rings (SSSR count). The lowest BCUT2D eigenvalue weighted by Gasteiger charge is -2.16. The summed E-state index contributed by atoms with van der Waals surface area (Å²) < 4.78 is 4.85. The topological polar surface area (TPSA) is 38.1 Å². The number of nitrogens with zero attached hydrogens (tertiary/aromatic N) is 1. The van der Waals surface area contributed by atoms with Gasteiger partial charge in [-0.1, -0.05) is 11.2 Å². The van der Waals surface area contributed by atoms with Crippen LogP contribution in [-0.2, 0) is 0 Å². The smallest absolute Gasteiger partial charge is 0.131 e. The fourth-order valence-electron chi connectivity index (χ4n) is 2.33. The van der Waals surface area contributed by atoms with Gasteiger partial charge in [0.25, 0.3) is 0 Å². The average Bonchev–Trinajstić information content (AvgIpc) is 2.75. The highest BCUT2D eigenvalue weighted by Crippen LogP contribution is 2.33. The van der Waals surface area contributed by atoms with E-state index < -0.39 is 0 Å². The first-order valence-electron chi connectivity index (χ1n) is 4.75. The number of allylic oxidation sites excluding steroid dienone is 1.